The minimum atomic E-state index is -0.670. The van der Waals surface area contributed by atoms with Gasteiger partial charge in [0.2, 0.25) is 0 Å². The van der Waals surface area contributed by atoms with Gasteiger partial charge in [-0.15, -0.1) is 0 Å². The fourth-order valence-electron chi connectivity index (χ4n) is 1.73. The van der Waals surface area contributed by atoms with Crippen molar-refractivity contribution in [3.63, 3.8) is 0 Å². The van der Waals surface area contributed by atoms with E-state index >= 15 is 0 Å². The van der Waals surface area contributed by atoms with Crippen molar-refractivity contribution in [2.45, 2.75) is 0 Å². The van der Waals surface area contributed by atoms with Gasteiger partial charge in [0.15, 0.2) is 0 Å². The molecule has 0 aliphatic carbocycles. The van der Waals surface area contributed by atoms with Crippen molar-refractivity contribution >= 4 is 35.1 Å². The van der Waals surface area contributed by atoms with Gasteiger partial charge in [-0.3, -0.25) is 25.0 Å². The Morgan fingerprint density at radius 3 is 2.42 bits per heavy atom. The van der Waals surface area contributed by atoms with E-state index in [0.29, 0.717) is 0 Å². The van der Waals surface area contributed by atoms with E-state index < -0.39 is 15.8 Å². The number of amides is 1. The summed E-state index contributed by atoms with van der Waals surface area (Å²) in [5.74, 6) is -0.670. The summed E-state index contributed by atoms with van der Waals surface area (Å²) < 4.78 is 0. The molecule has 0 fully saturated rings. The van der Waals surface area contributed by atoms with Crippen LogP contribution in [0.4, 0.5) is 11.4 Å². The van der Waals surface area contributed by atoms with Crippen LogP contribution in [0.1, 0.15) is 15.9 Å². The second kappa shape index (κ2) is 7.29. The zero-order valence-corrected chi connectivity index (χ0v) is 12.6. The number of carbonyl (C=O) groups excluding carboxylic acids is 1. The molecule has 0 bridgehead atoms. The van der Waals surface area contributed by atoms with Gasteiger partial charge in [-0.05, 0) is 12.1 Å². The van der Waals surface area contributed by atoms with Gasteiger partial charge in [0.1, 0.15) is 0 Å². The van der Waals surface area contributed by atoms with E-state index in [4.69, 9.17) is 11.6 Å². The van der Waals surface area contributed by atoms with Crippen LogP contribution in [0.2, 0.25) is 5.02 Å². The van der Waals surface area contributed by atoms with Gasteiger partial charge in [-0.2, -0.15) is 5.10 Å². The molecule has 2 aromatic rings. The van der Waals surface area contributed by atoms with Crippen molar-refractivity contribution in [1.82, 2.24) is 5.43 Å². The second-order valence-electron chi connectivity index (χ2n) is 4.47. The van der Waals surface area contributed by atoms with Gasteiger partial charge in [-0.25, -0.2) is 5.43 Å². The van der Waals surface area contributed by atoms with E-state index in [1.807, 2.05) is 0 Å². The first kappa shape index (κ1) is 17.0. The Hall–Kier alpha value is -3.33. The molecular formula is C14H9ClN4O5. The average Bonchev–Trinajstić information content (AvgIpc) is 2.56. The number of benzene rings is 2. The summed E-state index contributed by atoms with van der Waals surface area (Å²) in [4.78, 5) is 32.1. The highest BCUT2D eigenvalue weighted by Gasteiger charge is 2.11. The van der Waals surface area contributed by atoms with Crippen molar-refractivity contribution in [1.29, 1.82) is 0 Å². The predicted molar refractivity (Wildman–Crippen MR) is 86.3 cm³/mol. The summed E-state index contributed by atoms with van der Waals surface area (Å²) in [5, 5.41) is 25.3. The lowest BCUT2D eigenvalue weighted by Gasteiger charge is -2.01. The fraction of sp³-hybridized carbons (Fsp3) is 0. The molecular weight excluding hydrogens is 340 g/mol. The number of hydrogen-bond donors (Lipinski definition) is 1. The summed E-state index contributed by atoms with van der Waals surface area (Å²) >= 11 is 5.89. The summed E-state index contributed by atoms with van der Waals surface area (Å²) in [5.41, 5.74) is 2.05. The largest absolute Gasteiger partial charge is 0.271 e. The number of nitrogens with one attached hydrogen (secondary N) is 1. The number of carbonyl (C=O) groups is 1. The van der Waals surface area contributed by atoms with Crippen LogP contribution in [0.3, 0.4) is 0 Å². The highest BCUT2D eigenvalue weighted by Crippen LogP contribution is 2.20. The molecule has 1 N–H and O–H groups in total. The molecule has 1 amide bonds. The molecule has 0 spiro atoms. The first-order valence-corrected chi connectivity index (χ1v) is 6.78. The van der Waals surface area contributed by atoms with Crippen LogP contribution < -0.4 is 5.43 Å². The molecule has 2 rings (SSSR count). The van der Waals surface area contributed by atoms with Crippen LogP contribution in [0.15, 0.2) is 47.6 Å². The maximum absolute atomic E-state index is 11.9. The first-order valence-electron chi connectivity index (χ1n) is 6.40. The number of nitro groups is 2. The van der Waals surface area contributed by atoms with Crippen molar-refractivity contribution < 1.29 is 14.6 Å². The number of nitrogens with zero attached hydrogens (tertiary/aromatic N) is 3. The maximum atomic E-state index is 11.9. The smallest absolute Gasteiger partial charge is 0.267 e. The monoisotopic (exact) mass is 348 g/mol. The molecule has 0 aliphatic heterocycles. The Bertz CT molecular complexity index is 853. The van der Waals surface area contributed by atoms with E-state index in [2.05, 4.69) is 10.5 Å². The van der Waals surface area contributed by atoms with Crippen LogP contribution in [-0.4, -0.2) is 22.0 Å². The third-order valence-corrected chi connectivity index (χ3v) is 3.22. The lowest BCUT2D eigenvalue weighted by molar-refractivity contribution is -0.385. The molecule has 0 saturated heterocycles. The second-order valence-corrected chi connectivity index (χ2v) is 4.88. The highest BCUT2D eigenvalue weighted by atomic mass is 35.5. The molecule has 0 atom stereocenters. The maximum Gasteiger partial charge on any atom is 0.271 e. The molecule has 0 aromatic heterocycles. The topological polar surface area (TPSA) is 128 Å². The Labute approximate surface area is 139 Å². The Kier molecular flexibility index (Phi) is 5.17. The standard InChI is InChI=1S/C14H9ClN4O5/c15-13-5-4-12(19(23)24)7-10(13)8-16-17-14(20)9-2-1-3-11(6-9)18(21)22/h1-8H,(H,17,20)/b16-8-. The van der Waals surface area contributed by atoms with Gasteiger partial charge >= 0.3 is 0 Å². The van der Waals surface area contributed by atoms with Gasteiger partial charge in [0.05, 0.1) is 16.1 Å². The summed E-state index contributed by atoms with van der Waals surface area (Å²) in [6, 6.07) is 8.89. The zero-order valence-electron chi connectivity index (χ0n) is 11.9. The van der Waals surface area contributed by atoms with Crippen LogP contribution in [-0.2, 0) is 0 Å². The van der Waals surface area contributed by atoms with E-state index in [-0.39, 0.29) is 27.5 Å². The third-order valence-electron chi connectivity index (χ3n) is 2.88. The van der Waals surface area contributed by atoms with E-state index in [9.17, 15) is 25.0 Å². The van der Waals surface area contributed by atoms with Crippen LogP contribution in [0.5, 0.6) is 0 Å². The Morgan fingerprint density at radius 2 is 1.75 bits per heavy atom. The van der Waals surface area contributed by atoms with Crippen LogP contribution in [0.25, 0.3) is 0 Å². The summed E-state index contributed by atoms with van der Waals surface area (Å²) in [6.07, 6.45) is 1.14. The molecule has 0 radical (unpaired) electrons. The lowest BCUT2D eigenvalue weighted by Crippen LogP contribution is -2.17. The van der Waals surface area contributed by atoms with Crippen molar-refractivity contribution in [3.05, 3.63) is 78.8 Å². The zero-order chi connectivity index (χ0) is 17.7. The van der Waals surface area contributed by atoms with Crippen molar-refractivity contribution in [2.75, 3.05) is 0 Å². The normalized spacial score (nSPS) is 10.5. The van der Waals surface area contributed by atoms with E-state index in [0.717, 1.165) is 12.3 Å². The minimum absolute atomic E-state index is 0.0477. The molecule has 2 aromatic carbocycles. The molecule has 0 unspecified atom stereocenters. The van der Waals surface area contributed by atoms with E-state index in [1.54, 1.807) is 0 Å². The Balaban J connectivity index is 2.13. The van der Waals surface area contributed by atoms with Crippen molar-refractivity contribution in [3.8, 4) is 0 Å². The third kappa shape index (κ3) is 4.11. The molecule has 9 nitrogen and oxygen atoms in total. The van der Waals surface area contributed by atoms with Gasteiger partial charge in [0.25, 0.3) is 17.3 Å². The molecule has 0 saturated carbocycles. The number of hydrogen-bond acceptors (Lipinski definition) is 6. The first-order chi connectivity index (χ1) is 11.4. The number of rotatable bonds is 5. The molecule has 0 aliphatic rings. The highest BCUT2D eigenvalue weighted by molar-refractivity contribution is 6.33. The Morgan fingerprint density at radius 1 is 1.08 bits per heavy atom. The minimum Gasteiger partial charge on any atom is -0.267 e. The molecule has 0 heterocycles. The fourth-order valence-corrected chi connectivity index (χ4v) is 1.90. The average molecular weight is 349 g/mol. The van der Waals surface area contributed by atoms with Gasteiger partial charge in [-0.1, -0.05) is 17.7 Å². The van der Waals surface area contributed by atoms with Crippen molar-refractivity contribution in [2.24, 2.45) is 5.10 Å². The van der Waals surface area contributed by atoms with Gasteiger partial charge in [0, 0.05) is 40.4 Å². The molecule has 122 valence electrons. The molecule has 24 heavy (non-hydrogen) atoms. The quantitative estimate of drug-likeness (QED) is 0.504. The predicted octanol–water partition coefficient (Wildman–Crippen LogP) is 2.92. The number of hydrazone groups is 1. The van der Waals surface area contributed by atoms with Crippen LogP contribution >= 0.6 is 11.6 Å². The summed E-state index contributed by atoms with van der Waals surface area (Å²) in [7, 11) is 0. The number of non-ortho nitro benzene ring substituents is 2. The molecule has 10 heteroatoms. The number of nitro benzene ring substituents is 2. The van der Waals surface area contributed by atoms with E-state index in [1.165, 1.54) is 36.4 Å². The SMILES string of the molecule is O=C(N/N=C\c1cc([N+](=O)[O-])ccc1Cl)c1cccc([N+](=O)[O-])c1. The number of halogens is 1. The van der Waals surface area contributed by atoms with Gasteiger partial charge < -0.3 is 0 Å². The lowest BCUT2D eigenvalue weighted by atomic mass is 10.2. The summed E-state index contributed by atoms with van der Waals surface area (Å²) in [6.45, 7) is 0. The van der Waals surface area contributed by atoms with Crippen LogP contribution in [0, 0.1) is 20.2 Å².